The SMILES string of the molecule is CCC(O)c1cc2nccc(-c3cc(Cl)cc(C)c3O[C@H]3C[C@H]4CC[C@@H](C3)N4)c2s1. The van der Waals surface area contributed by atoms with E-state index in [0.29, 0.717) is 23.5 Å². The Balaban J connectivity index is 1.58. The average Bonchev–Trinajstić information content (AvgIpc) is 3.32. The van der Waals surface area contributed by atoms with Crippen molar-refractivity contribution in [2.45, 2.75) is 70.2 Å². The maximum atomic E-state index is 10.3. The lowest BCUT2D eigenvalue weighted by molar-refractivity contribution is 0.137. The molecule has 2 aliphatic heterocycles. The van der Waals surface area contributed by atoms with Gasteiger partial charge in [-0.15, -0.1) is 11.3 Å². The monoisotopic (exact) mass is 442 g/mol. The van der Waals surface area contributed by atoms with Gasteiger partial charge < -0.3 is 15.2 Å². The van der Waals surface area contributed by atoms with E-state index in [1.54, 1.807) is 11.3 Å². The number of aryl methyl sites for hydroxylation is 1. The van der Waals surface area contributed by atoms with Gasteiger partial charge in [-0.2, -0.15) is 0 Å². The number of nitrogens with one attached hydrogen (secondary N) is 1. The molecule has 1 unspecified atom stereocenters. The van der Waals surface area contributed by atoms with E-state index >= 15 is 0 Å². The molecule has 6 heteroatoms. The molecular weight excluding hydrogens is 416 g/mol. The average molecular weight is 443 g/mol. The third-order valence-electron chi connectivity index (χ3n) is 6.39. The Morgan fingerprint density at radius 2 is 2.00 bits per heavy atom. The molecule has 158 valence electrons. The van der Waals surface area contributed by atoms with Gasteiger partial charge >= 0.3 is 0 Å². The van der Waals surface area contributed by atoms with Crippen LogP contribution >= 0.6 is 22.9 Å². The van der Waals surface area contributed by atoms with Crippen molar-refractivity contribution in [3.8, 4) is 16.9 Å². The summed E-state index contributed by atoms with van der Waals surface area (Å²) in [7, 11) is 0. The molecule has 2 N–H and O–H groups in total. The summed E-state index contributed by atoms with van der Waals surface area (Å²) in [5.41, 5.74) is 4.04. The standard InChI is InChI=1S/C24H27ClN2O2S/c1-3-21(28)22-12-20-24(30-22)18(6-7-26-20)19-9-14(25)8-13(2)23(19)29-17-10-15-4-5-16(11-17)27-15/h6-9,12,15-17,21,27-28H,3-5,10-11H2,1-2H3/t15-,16+,17+,21?. The summed E-state index contributed by atoms with van der Waals surface area (Å²) in [6.07, 6.45) is 6.88. The molecule has 2 aromatic heterocycles. The zero-order valence-corrected chi connectivity index (χ0v) is 18.9. The lowest BCUT2D eigenvalue weighted by atomic mass is 10.00. The van der Waals surface area contributed by atoms with Crippen LogP contribution in [0.2, 0.25) is 5.02 Å². The van der Waals surface area contributed by atoms with Crippen molar-refractivity contribution in [3.63, 3.8) is 0 Å². The number of fused-ring (bicyclic) bond motifs is 3. The summed E-state index contributed by atoms with van der Waals surface area (Å²) >= 11 is 8.09. The van der Waals surface area contributed by atoms with Gasteiger partial charge in [0.25, 0.3) is 0 Å². The second-order valence-electron chi connectivity index (χ2n) is 8.59. The molecule has 1 aromatic carbocycles. The van der Waals surface area contributed by atoms with E-state index in [1.165, 1.54) is 12.8 Å². The Kier molecular flexibility index (Phi) is 5.48. The van der Waals surface area contributed by atoms with Gasteiger partial charge in [0.1, 0.15) is 11.9 Å². The van der Waals surface area contributed by atoms with Crippen LogP contribution in [-0.4, -0.2) is 28.3 Å². The molecule has 0 spiro atoms. The summed E-state index contributed by atoms with van der Waals surface area (Å²) < 4.78 is 7.73. The maximum absolute atomic E-state index is 10.3. The fourth-order valence-electron chi connectivity index (χ4n) is 4.89. The molecule has 0 saturated carbocycles. The highest BCUT2D eigenvalue weighted by atomic mass is 35.5. The van der Waals surface area contributed by atoms with Crippen LogP contribution in [-0.2, 0) is 0 Å². The van der Waals surface area contributed by atoms with E-state index in [9.17, 15) is 5.11 Å². The van der Waals surface area contributed by atoms with Gasteiger partial charge in [-0.1, -0.05) is 18.5 Å². The van der Waals surface area contributed by atoms with E-state index in [0.717, 1.165) is 50.4 Å². The molecule has 4 nitrogen and oxygen atoms in total. The number of piperidine rings is 1. The number of halogens is 1. The van der Waals surface area contributed by atoms with Gasteiger partial charge in [0.2, 0.25) is 0 Å². The van der Waals surface area contributed by atoms with E-state index in [4.69, 9.17) is 16.3 Å². The van der Waals surface area contributed by atoms with Gasteiger partial charge in [-0.3, -0.25) is 4.98 Å². The number of aromatic nitrogens is 1. The molecule has 30 heavy (non-hydrogen) atoms. The maximum Gasteiger partial charge on any atom is 0.130 e. The van der Waals surface area contributed by atoms with Crippen molar-refractivity contribution in [3.05, 3.63) is 45.9 Å². The van der Waals surface area contributed by atoms with Gasteiger partial charge in [-0.05, 0) is 68.9 Å². The Bertz CT molecular complexity index is 1070. The third kappa shape index (κ3) is 3.73. The number of hydrogen-bond donors (Lipinski definition) is 2. The third-order valence-corrected chi connectivity index (χ3v) is 7.87. The second kappa shape index (κ2) is 8.12. The summed E-state index contributed by atoms with van der Waals surface area (Å²) in [6.45, 7) is 4.06. The highest BCUT2D eigenvalue weighted by molar-refractivity contribution is 7.19. The molecule has 2 fully saturated rings. The van der Waals surface area contributed by atoms with Crippen molar-refractivity contribution in [1.29, 1.82) is 0 Å². The number of aliphatic hydroxyl groups is 1. The van der Waals surface area contributed by atoms with Gasteiger partial charge in [-0.25, -0.2) is 0 Å². The minimum atomic E-state index is -0.459. The molecular formula is C24H27ClN2O2S. The zero-order chi connectivity index (χ0) is 20.8. The number of thiophene rings is 1. The number of hydrogen-bond acceptors (Lipinski definition) is 5. The van der Waals surface area contributed by atoms with Crippen LogP contribution in [0.5, 0.6) is 5.75 Å². The number of benzene rings is 1. The zero-order valence-electron chi connectivity index (χ0n) is 17.3. The molecule has 0 amide bonds. The van der Waals surface area contributed by atoms with Crippen molar-refractivity contribution in [2.24, 2.45) is 0 Å². The van der Waals surface area contributed by atoms with Crippen molar-refractivity contribution in [1.82, 2.24) is 10.3 Å². The number of aliphatic hydroxyl groups excluding tert-OH is 1. The molecule has 2 bridgehead atoms. The van der Waals surface area contributed by atoms with Crippen LogP contribution in [0.4, 0.5) is 0 Å². The van der Waals surface area contributed by atoms with Crippen LogP contribution in [0.1, 0.15) is 55.6 Å². The van der Waals surface area contributed by atoms with Crippen molar-refractivity contribution < 1.29 is 9.84 Å². The van der Waals surface area contributed by atoms with E-state index in [2.05, 4.69) is 17.2 Å². The van der Waals surface area contributed by atoms with Gasteiger partial charge in [0.05, 0.1) is 16.3 Å². The van der Waals surface area contributed by atoms with E-state index < -0.39 is 6.10 Å². The van der Waals surface area contributed by atoms with Crippen LogP contribution in [0.15, 0.2) is 30.5 Å². The minimum absolute atomic E-state index is 0.223. The first kappa shape index (κ1) is 20.3. The Morgan fingerprint density at radius 1 is 1.23 bits per heavy atom. The number of pyridine rings is 1. The van der Waals surface area contributed by atoms with Crippen LogP contribution in [0.3, 0.4) is 0 Å². The van der Waals surface area contributed by atoms with E-state index in [-0.39, 0.29) is 6.10 Å². The van der Waals surface area contributed by atoms with Crippen molar-refractivity contribution in [2.75, 3.05) is 0 Å². The molecule has 0 radical (unpaired) electrons. The Morgan fingerprint density at radius 3 is 2.73 bits per heavy atom. The fourth-order valence-corrected chi connectivity index (χ4v) is 6.37. The summed E-state index contributed by atoms with van der Waals surface area (Å²) in [5.74, 6) is 0.921. The molecule has 4 atom stereocenters. The summed E-state index contributed by atoms with van der Waals surface area (Å²) in [6, 6.07) is 9.17. The lowest BCUT2D eigenvalue weighted by Gasteiger charge is -2.31. The summed E-state index contributed by atoms with van der Waals surface area (Å²) in [5, 5.41) is 14.7. The first-order valence-electron chi connectivity index (χ1n) is 10.8. The number of rotatable bonds is 5. The predicted molar refractivity (Wildman–Crippen MR) is 124 cm³/mol. The van der Waals surface area contributed by atoms with E-state index in [1.807, 2.05) is 37.4 Å². The minimum Gasteiger partial charge on any atom is -0.489 e. The first-order valence-corrected chi connectivity index (χ1v) is 12.0. The van der Waals surface area contributed by atoms with Crippen molar-refractivity contribution >= 4 is 33.2 Å². The second-order valence-corrected chi connectivity index (χ2v) is 10.1. The Hall–Kier alpha value is -1.66. The highest BCUT2D eigenvalue weighted by Gasteiger charge is 2.35. The molecule has 0 aliphatic carbocycles. The Labute approximate surface area is 186 Å². The molecule has 2 aliphatic rings. The fraction of sp³-hybridized carbons (Fsp3) is 0.458. The normalized spacial score (nSPS) is 24.3. The first-order chi connectivity index (χ1) is 14.5. The lowest BCUT2D eigenvalue weighted by Crippen LogP contribution is -2.42. The van der Waals surface area contributed by atoms with Crippen LogP contribution in [0, 0.1) is 6.92 Å². The predicted octanol–water partition coefficient (Wildman–Crippen LogP) is 6.03. The molecule has 5 rings (SSSR count). The molecule has 3 aromatic rings. The van der Waals surface area contributed by atoms with Crippen LogP contribution < -0.4 is 10.1 Å². The number of ether oxygens (including phenoxy) is 1. The largest absolute Gasteiger partial charge is 0.489 e. The van der Waals surface area contributed by atoms with Gasteiger partial charge in [0.15, 0.2) is 0 Å². The van der Waals surface area contributed by atoms with Crippen LogP contribution in [0.25, 0.3) is 21.3 Å². The smallest absolute Gasteiger partial charge is 0.130 e. The summed E-state index contributed by atoms with van der Waals surface area (Å²) in [4.78, 5) is 5.49. The quantitative estimate of drug-likeness (QED) is 0.506. The number of nitrogens with zero attached hydrogens (tertiary/aromatic N) is 1. The molecule has 2 saturated heterocycles. The van der Waals surface area contributed by atoms with Gasteiger partial charge in [0, 0.05) is 39.3 Å². The molecule has 4 heterocycles. The highest BCUT2D eigenvalue weighted by Crippen LogP contribution is 2.43. The topological polar surface area (TPSA) is 54.4 Å².